The summed E-state index contributed by atoms with van der Waals surface area (Å²) in [7, 11) is 0. The molecule has 0 aliphatic rings. The number of hydrogen-bond acceptors (Lipinski definition) is 6. The Labute approximate surface area is 417 Å². The normalized spacial score (nSPS) is 13.3. The van der Waals surface area contributed by atoms with E-state index in [1.807, 2.05) is 12.2 Å². The molecule has 6 heteroatoms. The molecule has 0 saturated carbocycles. The molecule has 0 aromatic carbocycles. The van der Waals surface area contributed by atoms with Gasteiger partial charge in [-0.3, -0.25) is 14.4 Å². The second-order valence-electron chi connectivity index (χ2n) is 17.0. The number of unbranched alkanes of at least 4 members (excludes halogenated alkanes) is 11. The average Bonchev–Trinajstić information content (AvgIpc) is 3.34. The molecule has 380 valence electrons. The van der Waals surface area contributed by atoms with Crippen LogP contribution in [0.25, 0.3) is 0 Å². The van der Waals surface area contributed by atoms with Gasteiger partial charge in [-0.15, -0.1) is 0 Å². The average molecular weight is 937 g/mol. The standard InChI is InChI=1S/C62H96O6/c1-4-7-10-13-16-19-22-25-28-31-34-37-40-43-46-49-52-55-61(64)67-58-59(57-66-60(63)54-51-48-45-42-39-36-33-30-27-24-21-18-15-12-9-6-3)68-62(65)56-53-50-47-44-41-38-35-32-29-26-23-20-17-14-11-8-5-2/h7,9-10,12,16-21,25-30,34,36-37,39,43,45-46,48,59H,4-6,8,11,13-15,22-24,31-33,35,38,40-42,44,47,49-58H2,1-3H3/b10-7-,12-9-,19-16-,20-17-,21-18-,28-25-,29-26-,30-27-,37-34-,39-36-,46-43-,48-45-. The summed E-state index contributed by atoms with van der Waals surface area (Å²) in [4.78, 5) is 38.0. The van der Waals surface area contributed by atoms with Crippen molar-refractivity contribution in [3.05, 3.63) is 146 Å². The Morgan fingerprint density at radius 3 is 1.03 bits per heavy atom. The van der Waals surface area contributed by atoms with Gasteiger partial charge in [0.1, 0.15) is 13.2 Å². The van der Waals surface area contributed by atoms with Crippen molar-refractivity contribution in [1.29, 1.82) is 0 Å². The summed E-state index contributed by atoms with van der Waals surface area (Å²) >= 11 is 0. The summed E-state index contributed by atoms with van der Waals surface area (Å²) in [5.41, 5.74) is 0. The molecule has 0 bridgehead atoms. The molecule has 0 aliphatic heterocycles. The highest BCUT2D eigenvalue weighted by molar-refractivity contribution is 5.71. The molecular weight excluding hydrogens is 841 g/mol. The second-order valence-corrected chi connectivity index (χ2v) is 17.0. The third kappa shape index (κ3) is 52.3. The monoisotopic (exact) mass is 937 g/mol. The Hall–Kier alpha value is -4.71. The molecule has 0 fully saturated rings. The molecule has 0 aromatic rings. The minimum Gasteiger partial charge on any atom is -0.462 e. The number of ether oxygens (including phenoxy) is 3. The number of carbonyl (C=O) groups excluding carboxylic acids is 3. The van der Waals surface area contributed by atoms with Crippen molar-refractivity contribution in [3.63, 3.8) is 0 Å². The molecule has 0 aromatic heterocycles. The fourth-order valence-corrected chi connectivity index (χ4v) is 6.61. The summed E-state index contributed by atoms with van der Waals surface area (Å²) in [5.74, 6) is -1.09. The third-order valence-corrected chi connectivity index (χ3v) is 10.6. The van der Waals surface area contributed by atoms with Gasteiger partial charge in [-0.05, 0) is 122 Å². The molecule has 1 unspecified atom stereocenters. The Morgan fingerprint density at radius 2 is 0.618 bits per heavy atom. The molecule has 0 amide bonds. The second kappa shape index (κ2) is 54.9. The highest BCUT2D eigenvalue weighted by atomic mass is 16.6. The smallest absolute Gasteiger partial charge is 0.306 e. The van der Waals surface area contributed by atoms with Crippen molar-refractivity contribution >= 4 is 17.9 Å². The van der Waals surface area contributed by atoms with Gasteiger partial charge < -0.3 is 14.2 Å². The van der Waals surface area contributed by atoms with E-state index in [-0.39, 0.29) is 50.4 Å². The van der Waals surface area contributed by atoms with Crippen LogP contribution in [-0.4, -0.2) is 37.2 Å². The summed E-state index contributed by atoms with van der Waals surface area (Å²) in [6.45, 7) is 6.24. The van der Waals surface area contributed by atoms with Crippen LogP contribution in [0.1, 0.15) is 207 Å². The van der Waals surface area contributed by atoms with Crippen molar-refractivity contribution in [1.82, 2.24) is 0 Å². The summed E-state index contributed by atoms with van der Waals surface area (Å²) < 4.78 is 16.7. The molecule has 0 radical (unpaired) electrons. The van der Waals surface area contributed by atoms with Crippen LogP contribution in [0.5, 0.6) is 0 Å². The van der Waals surface area contributed by atoms with Crippen LogP contribution < -0.4 is 0 Å². The summed E-state index contributed by atoms with van der Waals surface area (Å²) in [5, 5.41) is 0. The minimum atomic E-state index is -0.842. The Bertz CT molecular complexity index is 1540. The zero-order chi connectivity index (χ0) is 49.3. The van der Waals surface area contributed by atoms with Crippen LogP contribution >= 0.6 is 0 Å². The number of rotatable bonds is 46. The van der Waals surface area contributed by atoms with Crippen LogP contribution in [-0.2, 0) is 28.6 Å². The van der Waals surface area contributed by atoms with Gasteiger partial charge >= 0.3 is 17.9 Å². The lowest BCUT2D eigenvalue weighted by atomic mass is 10.1. The predicted octanol–water partition coefficient (Wildman–Crippen LogP) is 18.0. The van der Waals surface area contributed by atoms with Gasteiger partial charge in [-0.1, -0.05) is 212 Å². The van der Waals surface area contributed by atoms with Crippen LogP contribution in [0.3, 0.4) is 0 Å². The van der Waals surface area contributed by atoms with E-state index < -0.39 is 6.10 Å². The van der Waals surface area contributed by atoms with E-state index >= 15 is 0 Å². The molecule has 0 heterocycles. The number of esters is 3. The zero-order valence-electron chi connectivity index (χ0n) is 43.3. The number of allylic oxidation sites excluding steroid dienone is 24. The first-order chi connectivity index (χ1) is 33.5. The summed E-state index contributed by atoms with van der Waals surface area (Å²) in [6.07, 6.45) is 78.5. The number of hydrogen-bond donors (Lipinski definition) is 0. The molecule has 0 spiro atoms. The molecule has 1 atom stereocenters. The van der Waals surface area contributed by atoms with E-state index in [1.165, 1.54) is 44.9 Å². The molecule has 6 nitrogen and oxygen atoms in total. The maximum atomic E-state index is 12.8. The third-order valence-electron chi connectivity index (χ3n) is 10.6. The first-order valence-corrected chi connectivity index (χ1v) is 26.8. The molecule has 0 aliphatic carbocycles. The molecule has 68 heavy (non-hydrogen) atoms. The van der Waals surface area contributed by atoms with E-state index in [0.717, 1.165) is 109 Å². The van der Waals surface area contributed by atoms with Crippen molar-refractivity contribution in [3.8, 4) is 0 Å². The van der Waals surface area contributed by atoms with Gasteiger partial charge in [-0.25, -0.2) is 0 Å². The molecule has 0 rings (SSSR count). The Kier molecular flexibility index (Phi) is 51.1. The van der Waals surface area contributed by atoms with Gasteiger partial charge in [0.2, 0.25) is 0 Å². The van der Waals surface area contributed by atoms with E-state index in [2.05, 4.69) is 154 Å². The first kappa shape index (κ1) is 63.3. The zero-order valence-corrected chi connectivity index (χ0v) is 43.3. The van der Waals surface area contributed by atoms with E-state index in [0.29, 0.717) is 12.8 Å². The number of carbonyl (C=O) groups is 3. The highest BCUT2D eigenvalue weighted by Gasteiger charge is 2.19. The first-order valence-electron chi connectivity index (χ1n) is 26.8. The van der Waals surface area contributed by atoms with Crippen LogP contribution in [0, 0.1) is 0 Å². The SMILES string of the molecule is CC/C=C\C/C=C\C/C=C\C/C=C\C/C=C\CCCC(=O)OCC(COC(=O)CC/C=C\C/C=C\C/C=C\C/C=C\C/C=C\CC)OC(=O)CCCCCCCCC/C=C\C/C=C\CCCCC. The van der Waals surface area contributed by atoms with Gasteiger partial charge in [0, 0.05) is 19.3 Å². The topological polar surface area (TPSA) is 78.9 Å². The van der Waals surface area contributed by atoms with Gasteiger partial charge in [0.15, 0.2) is 6.10 Å². The molecular formula is C62H96O6. The maximum absolute atomic E-state index is 12.8. The molecule has 0 saturated heterocycles. The summed E-state index contributed by atoms with van der Waals surface area (Å²) in [6, 6.07) is 0. The minimum absolute atomic E-state index is 0.140. The fraction of sp³-hybridized carbons (Fsp3) is 0.565. The van der Waals surface area contributed by atoms with Gasteiger partial charge in [-0.2, -0.15) is 0 Å². The van der Waals surface area contributed by atoms with Crippen molar-refractivity contribution in [2.24, 2.45) is 0 Å². The lowest BCUT2D eigenvalue weighted by Crippen LogP contribution is -2.30. The largest absolute Gasteiger partial charge is 0.462 e. The van der Waals surface area contributed by atoms with Crippen LogP contribution in [0.15, 0.2) is 146 Å². The highest BCUT2D eigenvalue weighted by Crippen LogP contribution is 2.12. The van der Waals surface area contributed by atoms with E-state index in [9.17, 15) is 14.4 Å². The van der Waals surface area contributed by atoms with Crippen molar-refractivity contribution < 1.29 is 28.6 Å². The van der Waals surface area contributed by atoms with Gasteiger partial charge in [0.05, 0.1) is 0 Å². The van der Waals surface area contributed by atoms with E-state index in [4.69, 9.17) is 14.2 Å². The van der Waals surface area contributed by atoms with Crippen LogP contribution in [0.2, 0.25) is 0 Å². The fourth-order valence-electron chi connectivity index (χ4n) is 6.61. The van der Waals surface area contributed by atoms with E-state index in [1.54, 1.807) is 0 Å². The quantitative estimate of drug-likeness (QED) is 0.0262. The van der Waals surface area contributed by atoms with Crippen molar-refractivity contribution in [2.45, 2.75) is 213 Å². The van der Waals surface area contributed by atoms with Crippen LogP contribution in [0.4, 0.5) is 0 Å². The van der Waals surface area contributed by atoms with Gasteiger partial charge in [0.25, 0.3) is 0 Å². The van der Waals surface area contributed by atoms with Crippen molar-refractivity contribution in [2.75, 3.05) is 13.2 Å². The predicted molar refractivity (Wildman–Crippen MR) is 292 cm³/mol. The maximum Gasteiger partial charge on any atom is 0.306 e. The lowest BCUT2D eigenvalue weighted by Gasteiger charge is -2.18. The Balaban J connectivity index is 4.62. The molecule has 0 N–H and O–H groups in total. The lowest BCUT2D eigenvalue weighted by molar-refractivity contribution is -0.166. The Morgan fingerprint density at radius 1 is 0.309 bits per heavy atom.